The van der Waals surface area contributed by atoms with Crippen molar-refractivity contribution < 1.29 is 17.2 Å². The van der Waals surface area contributed by atoms with Gasteiger partial charge in [-0.15, -0.1) is 0 Å². The second-order valence-electron chi connectivity index (χ2n) is 1.95. The zero-order chi connectivity index (χ0) is 10.2. The minimum absolute atomic E-state index is 0.0169. The molecule has 0 radical (unpaired) electrons. The highest BCUT2D eigenvalue weighted by Gasteiger charge is 2.31. The van der Waals surface area contributed by atoms with Crippen LogP contribution in [-0.4, -0.2) is 24.1 Å². The minimum atomic E-state index is -4.70. The molecule has 0 aromatic carbocycles. The summed E-state index contributed by atoms with van der Waals surface area (Å²) >= 11 is 8.05. The average molecular weight is 295 g/mol. The van der Waals surface area contributed by atoms with Crippen LogP contribution < -0.4 is 0 Å². The van der Waals surface area contributed by atoms with E-state index in [4.69, 9.17) is 11.6 Å². The number of hydrogen-bond donors (Lipinski definition) is 1. The lowest BCUT2D eigenvalue weighted by molar-refractivity contribution is 0.234. The van der Waals surface area contributed by atoms with E-state index in [9.17, 15) is 17.2 Å². The Hall–Kier alpha value is -0.210. The van der Waals surface area contributed by atoms with E-state index >= 15 is 0 Å². The highest BCUT2D eigenvalue weighted by molar-refractivity contribution is 9.10. The van der Waals surface area contributed by atoms with Crippen molar-refractivity contribution in [2.24, 2.45) is 0 Å². The van der Waals surface area contributed by atoms with E-state index in [1.165, 1.54) is 0 Å². The van der Waals surface area contributed by atoms with Gasteiger partial charge >= 0.3 is 5.76 Å². The Morgan fingerprint density at radius 3 is 2.38 bits per heavy atom. The third kappa shape index (κ3) is 2.00. The lowest BCUT2D eigenvalue weighted by Crippen LogP contribution is -2.12. The molecule has 0 spiro atoms. The number of halogens is 4. The van der Waals surface area contributed by atoms with Crippen molar-refractivity contribution in [1.82, 2.24) is 9.97 Å². The van der Waals surface area contributed by atoms with E-state index in [2.05, 4.69) is 25.9 Å². The Bertz CT molecular complexity index is 418. The molecule has 0 saturated heterocycles. The molecule has 9 heteroatoms. The van der Waals surface area contributed by atoms with Crippen LogP contribution in [0.4, 0.5) is 8.78 Å². The Labute approximate surface area is 85.4 Å². The predicted octanol–water partition coefficient (Wildman–Crippen LogP) is 1.82. The molecule has 1 aromatic heterocycles. The van der Waals surface area contributed by atoms with E-state index in [1.54, 1.807) is 0 Å². The second kappa shape index (κ2) is 3.50. The van der Waals surface area contributed by atoms with Gasteiger partial charge in [0, 0.05) is 0 Å². The predicted molar refractivity (Wildman–Crippen MR) is 44.5 cm³/mol. The minimum Gasteiger partial charge on any atom is -0.322 e. The van der Waals surface area contributed by atoms with E-state index in [0.717, 1.165) is 0 Å². The number of sulfone groups is 1. The summed E-state index contributed by atoms with van der Waals surface area (Å²) in [4.78, 5) is 5.45. The molecule has 0 fully saturated rings. The van der Waals surface area contributed by atoms with Crippen molar-refractivity contribution in [3.63, 3.8) is 0 Å². The van der Waals surface area contributed by atoms with Gasteiger partial charge in [-0.2, -0.15) is 8.78 Å². The molecule has 4 nitrogen and oxygen atoms in total. The summed E-state index contributed by atoms with van der Waals surface area (Å²) in [5.41, 5.74) is 0. The van der Waals surface area contributed by atoms with Gasteiger partial charge in [-0.3, -0.25) is 0 Å². The monoisotopic (exact) mass is 294 g/mol. The molecule has 0 aliphatic carbocycles. The molecule has 74 valence electrons. The number of nitrogens with zero attached hydrogens (tertiary/aromatic N) is 1. The van der Waals surface area contributed by atoms with Crippen molar-refractivity contribution in [1.29, 1.82) is 0 Å². The summed E-state index contributed by atoms with van der Waals surface area (Å²) in [5, 5.41) is -1.29. The van der Waals surface area contributed by atoms with Gasteiger partial charge in [0.05, 0.1) is 0 Å². The highest BCUT2D eigenvalue weighted by Crippen LogP contribution is 2.25. The van der Waals surface area contributed by atoms with Crippen LogP contribution in [-0.2, 0) is 9.84 Å². The van der Waals surface area contributed by atoms with Crippen molar-refractivity contribution in [3.8, 4) is 0 Å². The van der Waals surface area contributed by atoms with Crippen LogP contribution >= 0.6 is 27.5 Å². The maximum absolute atomic E-state index is 12.0. The van der Waals surface area contributed by atoms with Crippen molar-refractivity contribution >= 4 is 37.4 Å². The standard InChI is InChI=1S/C4H2BrClF2N2O2S/c5-3-9-1(6)2(10-3)13(11,12)4(7)8/h4H,(H,9,10). The van der Waals surface area contributed by atoms with Crippen LogP contribution in [0, 0.1) is 0 Å². The molecule has 0 aliphatic heterocycles. The summed E-state index contributed by atoms with van der Waals surface area (Å²) in [6.45, 7) is 0. The lowest BCUT2D eigenvalue weighted by atomic mass is 10.9. The quantitative estimate of drug-likeness (QED) is 0.905. The zero-order valence-electron chi connectivity index (χ0n) is 5.76. The smallest absolute Gasteiger partial charge is 0.322 e. The molecule has 1 heterocycles. The number of hydrogen-bond acceptors (Lipinski definition) is 3. The fourth-order valence-corrected chi connectivity index (χ4v) is 2.35. The molecule has 0 saturated carbocycles. The van der Waals surface area contributed by atoms with Gasteiger partial charge in [-0.05, 0) is 15.9 Å². The van der Waals surface area contributed by atoms with Gasteiger partial charge in [0.25, 0.3) is 9.84 Å². The van der Waals surface area contributed by atoms with Gasteiger partial charge < -0.3 is 4.98 Å². The van der Waals surface area contributed by atoms with Crippen LogP contribution in [0.2, 0.25) is 5.15 Å². The zero-order valence-corrected chi connectivity index (χ0v) is 8.92. The summed E-state index contributed by atoms with van der Waals surface area (Å²) in [6, 6.07) is 0. The number of aromatic nitrogens is 2. The maximum Gasteiger partial charge on any atom is 0.342 e. The van der Waals surface area contributed by atoms with Gasteiger partial charge in [-0.1, -0.05) is 11.6 Å². The maximum atomic E-state index is 12.0. The van der Waals surface area contributed by atoms with Crippen molar-refractivity contribution in [2.75, 3.05) is 0 Å². The molecular formula is C4H2BrClF2N2O2S. The first-order valence-corrected chi connectivity index (χ1v) is 5.50. The third-order valence-corrected chi connectivity index (χ3v) is 3.21. The molecule has 13 heavy (non-hydrogen) atoms. The van der Waals surface area contributed by atoms with Crippen LogP contribution in [0.15, 0.2) is 9.76 Å². The van der Waals surface area contributed by atoms with E-state index < -0.39 is 25.8 Å². The normalized spacial score (nSPS) is 12.4. The van der Waals surface area contributed by atoms with E-state index in [0.29, 0.717) is 0 Å². The first-order valence-electron chi connectivity index (χ1n) is 2.78. The number of alkyl halides is 2. The Kier molecular flexibility index (Phi) is 2.93. The van der Waals surface area contributed by atoms with Crippen LogP contribution in [0.1, 0.15) is 0 Å². The molecule has 0 bridgehead atoms. The lowest BCUT2D eigenvalue weighted by Gasteiger charge is -1.98. The Morgan fingerprint density at radius 1 is 1.54 bits per heavy atom. The average Bonchev–Trinajstić information content (AvgIpc) is 2.30. The first-order chi connectivity index (χ1) is 5.85. The van der Waals surface area contributed by atoms with Crippen LogP contribution in [0.5, 0.6) is 0 Å². The third-order valence-electron chi connectivity index (χ3n) is 1.12. The number of H-pyrrole nitrogens is 1. The fraction of sp³-hybridized carbons (Fsp3) is 0.250. The number of imidazole rings is 1. The summed E-state index contributed by atoms with van der Waals surface area (Å²) in [5.74, 6) is -3.52. The number of aromatic amines is 1. The van der Waals surface area contributed by atoms with E-state index in [1.807, 2.05) is 0 Å². The first kappa shape index (κ1) is 10.9. The van der Waals surface area contributed by atoms with Gasteiger partial charge in [0.2, 0.25) is 0 Å². The Morgan fingerprint density at radius 2 is 2.08 bits per heavy atom. The molecule has 1 aromatic rings. The molecule has 0 aliphatic rings. The number of nitrogens with one attached hydrogen (secondary N) is 1. The molecule has 0 unspecified atom stereocenters. The van der Waals surface area contributed by atoms with Gasteiger partial charge in [0.1, 0.15) is 0 Å². The largest absolute Gasteiger partial charge is 0.342 e. The van der Waals surface area contributed by atoms with Crippen LogP contribution in [0.25, 0.3) is 0 Å². The fourth-order valence-electron chi connectivity index (χ4n) is 0.588. The van der Waals surface area contributed by atoms with Gasteiger partial charge in [-0.25, -0.2) is 13.4 Å². The molecule has 0 atom stereocenters. The topological polar surface area (TPSA) is 62.8 Å². The van der Waals surface area contributed by atoms with E-state index in [-0.39, 0.29) is 4.73 Å². The number of rotatable bonds is 2. The van der Waals surface area contributed by atoms with Gasteiger partial charge in [0.15, 0.2) is 14.9 Å². The summed E-state index contributed by atoms with van der Waals surface area (Å²) in [6.07, 6.45) is 0. The van der Waals surface area contributed by atoms with Crippen molar-refractivity contribution in [2.45, 2.75) is 10.8 Å². The second-order valence-corrected chi connectivity index (χ2v) is 4.92. The summed E-state index contributed by atoms with van der Waals surface area (Å²) in [7, 11) is -4.70. The van der Waals surface area contributed by atoms with Crippen LogP contribution in [0.3, 0.4) is 0 Å². The molecule has 1 N–H and O–H groups in total. The Balaban J connectivity index is 3.31. The molecule has 0 amide bonds. The molecule has 1 rings (SSSR count). The highest BCUT2D eigenvalue weighted by atomic mass is 79.9. The summed E-state index contributed by atoms with van der Waals surface area (Å²) < 4.78 is 45.6. The SMILES string of the molecule is O=S(=O)(c1[nH]c(Br)nc1Cl)C(F)F. The van der Waals surface area contributed by atoms with Crippen molar-refractivity contribution in [3.05, 3.63) is 9.89 Å². The molecular weight excluding hydrogens is 293 g/mol.